The van der Waals surface area contributed by atoms with E-state index < -0.39 is 19.0 Å². The summed E-state index contributed by atoms with van der Waals surface area (Å²) < 4.78 is 31.8. The maximum atomic E-state index is 12.4. The van der Waals surface area contributed by atoms with Crippen LogP contribution in [0.2, 0.25) is 0 Å². The van der Waals surface area contributed by atoms with Gasteiger partial charge in [-0.05, 0) is 49.8 Å². The minimum atomic E-state index is -2.42. The van der Waals surface area contributed by atoms with Crippen LogP contribution in [0.4, 0.5) is 14.5 Å². The van der Waals surface area contributed by atoms with Crippen LogP contribution < -0.4 is 4.90 Å². The monoisotopic (exact) mass is 525 g/mol. The third-order valence-corrected chi connectivity index (χ3v) is 8.21. The van der Waals surface area contributed by atoms with Crippen LogP contribution in [0.15, 0.2) is 36.4 Å². The highest BCUT2D eigenvalue weighted by atomic mass is 19.3. The van der Waals surface area contributed by atoms with E-state index in [1.165, 1.54) is 6.42 Å². The summed E-state index contributed by atoms with van der Waals surface area (Å²) in [6, 6.07) is 11.5. The summed E-state index contributed by atoms with van der Waals surface area (Å²) in [7, 11) is 0. The van der Waals surface area contributed by atoms with Crippen molar-refractivity contribution in [2.45, 2.75) is 50.6 Å². The van der Waals surface area contributed by atoms with Crippen molar-refractivity contribution in [3.63, 3.8) is 0 Å². The molecule has 1 saturated carbocycles. The first kappa shape index (κ1) is 25.2. The predicted octanol–water partition coefficient (Wildman–Crippen LogP) is 4.57. The molecule has 0 bridgehead atoms. The number of fused-ring (bicyclic) bond motifs is 1. The zero-order chi connectivity index (χ0) is 26.2. The molecule has 0 atom stereocenters. The molecule has 2 aromatic heterocycles. The summed E-state index contributed by atoms with van der Waals surface area (Å²) >= 11 is 0. The number of nitrogens with zero attached hydrogens (tertiary/aromatic N) is 5. The minimum absolute atomic E-state index is 0.0299. The van der Waals surface area contributed by atoms with E-state index in [1.54, 1.807) is 6.07 Å². The lowest BCUT2D eigenvalue weighted by atomic mass is 9.81. The number of para-hydroxylation sites is 1. The third-order valence-electron chi connectivity index (χ3n) is 8.21. The van der Waals surface area contributed by atoms with E-state index in [0.717, 1.165) is 67.8 Å². The molecule has 3 aliphatic rings. The van der Waals surface area contributed by atoms with Crippen LogP contribution in [0.5, 0.6) is 0 Å². The van der Waals surface area contributed by atoms with E-state index in [1.807, 2.05) is 35.0 Å². The molecule has 38 heavy (non-hydrogen) atoms. The van der Waals surface area contributed by atoms with Gasteiger partial charge in [-0.2, -0.15) is 5.10 Å². The van der Waals surface area contributed by atoms with E-state index in [-0.39, 0.29) is 11.8 Å². The highest BCUT2D eigenvalue weighted by molar-refractivity contribution is 5.98. The fourth-order valence-corrected chi connectivity index (χ4v) is 5.91. The van der Waals surface area contributed by atoms with Gasteiger partial charge in [0.1, 0.15) is 6.61 Å². The molecule has 3 aromatic rings. The van der Waals surface area contributed by atoms with Crippen LogP contribution >= 0.6 is 0 Å². The molecule has 2 aliphatic heterocycles. The molecule has 1 aliphatic carbocycles. The molecule has 0 unspecified atom stereocenters. The highest BCUT2D eigenvalue weighted by Crippen LogP contribution is 2.43. The lowest BCUT2D eigenvalue weighted by Crippen LogP contribution is -2.54. The largest absolute Gasteiger partial charge is 0.477 e. The number of pyridine rings is 1. The molecule has 3 fully saturated rings. The zero-order valence-electron chi connectivity index (χ0n) is 21.3. The Morgan fingerprint density at radius 3 is 2.47 bits per heavy atom. The van der Waals surface area contributed by atoms with Gasteiger partial charge >= 0.3 is 5.97 Å². The number of carboxylic acids is 1. The van der Waals surface area contributed by atoms with Crippen molar-refractivity contribution in [3.8, 4) is 5.69 Å². The molecule has 4 heterocycles. The molecule has 0 amide bonds. The number of aromatic nitrogens is 3. The van der Waals surface area contributed by atoms with Crippen molar-refractivity contribution in [1.82, 2.24) is 19.7 Å². The average molecular weight is 526 g/mol. The molecule has 8 nitrogen and oxygen atoms in total. The maximum Gasteiger partial charge on any atom is 0.354 e. The molecular formula is C28H33F2N5O3. The van der Waals surface area contributed by atoms with Gasteiger partial charge in [-0.25, -0.2) is 23.2 Å². The number of rotatable bonds is 9. The van der Waals surface area contributed by atoms with Crippen molar-refractivity contribution in [1.29, 1.82) is 0 Å². The second-order valence-corrected chi connectivity index (χ2v) is 10.8. The van der Waals surface area contributed by atoms with Crippen molar-refractivity contribution in [2.24, 2.45) is 5.92 Å². The maximum absolute atomic E-state index is 12.4. The van der Waals surface area contributed by atoms with Crippen molar-refractivity contribution >= 4 is 22.7 Å². The van der Waals surface area contributed by atoms with Crippen molar-refractivity contribution < 1.29 is 23.4 Å². The second-order valence-electron chi connectivity index (χ2n) is 10.8. The Morgan fingerprint density at radius 1 is 1.11 bits per heavy atom. The fraction of sp³-hybridized carbons (Fsp3) is 0.536. The van der Waals surface area contributed by atoms with Crippen LogP contribution in [0, 0.1) is 5.92 Å². The number of hydrogen-bond donors (Lipinski definition) is 1. The summed E-state index contributed by atoms with van der Waals surface area (Å²) in [5, 5.41) is 15.9. The van der Waals surface area contributed by atoms with E-state index in [2.05, 4.69) is 14.8 Å². The average Bonchev–Trinajstić information content (AvgIpc) is 3.23. The summed E-state index contributed by atoms with van der Waals surface area (Å²) in [6.07, 6.45) is 2.81. The Kier molecular flexibility index (Phi) is 7.01. The summed E-state index contributed by atoms with van der Waals surface area (Å²) in [4.78, 5) is 21.3. The summed E-state index contributed by atoms with van der Waals surface area (Å²) in [5.74, 6) is -0.171. The van der Waals surface area contributed by atoms with E-state index in [9.17, 15) is 18.7 Å². The van der Waals surface area contributed by atoms with Crippen LogP contribution in [-0.4, -0.2) is 82.6 Å². The lowest BCUT2D eigenvalue weighted by molar-refractivity contribution is -0.0917. The molecule has 10 heteroatoms. The molecule has 0 radical (unpaired) electrons. The predicted molar refractivity (Wildman–Crippen MR) is 140 cm³/mol. The number of likely N-dealkylation sites (tertiary alicyclic amines) is 1. The number of alkyl halides is 2. The van der Waals surface area contributed by atoms with Gasteiger partial charge in [-0.1, -0.05) is 24.6 Å². The van der Waals surface area contributed by atoms with Crippen LogP contribution in [-0.2, 0) is 4.74 Å². The standard InChI is InChI=1S/C28H33F2N5O3/c29-24(30)17-38-21-15-33(16-21)14-18-9-11-34(12-10-18)23-13-22(28(36)37)31-27-25(23)26(19-5-4-6-19)32-35(27)20-7-2-1-3-8-20/h1-3,7-8,13,18-19,21,24H,4-6,9-12,14-17H2,(H,36,37). The number of piperidine rings is 1. The molecule has 0 spiro atoms. The van der Waals surface area contributed by atoms with E-state index >= 15 is 0 Å². The third kappa shape index (κ3) is 4.99. The van der Waals surface area contributed by atoms with Crippen LogP contribution in [0.25, 0.3) is 16.7 Å². The zero-order valence-corrected chi connectivity index (χ0v) is 21.3. The smallest absolute Gasteiger partial charge is 0.354 e. The van der Waals surface area contributed by atoms with Gasteiger partial charge in [0.25, 0.3) is 6.43 Å². The Balaban J connectivity index is 1.23. The summed E-state index contributed by atoms with van der Waals surface area (Å²) in [6.45, 7) is 3.52. The molecule has 6 rings (SSSR count). The quantitative estimate of drug-likeness (QED) is 0.438. The van der Waals surface area contributed by atoms with Gasteiger partial charge in [0.05, 0.1) is 28.6 Å². The lowest BCUT2D eigenvalue weighted by Gasteiger charge is -2.42. The van der Waals surface area contributed by atoms with Crippen molar-refractivity contribution in [2.75, 3.05) is 44.2 Å². The summed E-state index contributed by atoms with van der Waals surface area (Å²) in [5.41, 5.74) is 3.44. The van der Waals surface area contributed by atoms with Gasteiger partial charge in [-0.3, -0.25) is 4.90 Å². The van der Waals surface area contributed by atoms with Crippen molar-refractivity contribution in [3.05, 3.63) is 47.8 Å². The van der Waals surface area contributed by atoms with Gasteiger partial charge in [0, 0.05) is 38.6 Å². The Labute approximate surface area is 220 Å². The number of carbonyl (C=O) groups is 1. The van der Waals surface area contributed by atoms with Gasteiger partial charge in [-0.15, -0.1) is 0 Å². The minimum Gasteiger partial charge on any atom is -0.477 e. The number of carboxylic acid groups (broad SMARTS) is 1. The number of ether oxygens (including phenoxy) is 1. The van der Waals surface area contributed by atoms with E-state index in [4.69, 9.17) is 9.84 Å². The topological polar surface area (TPSA) is 83.7 Å². The van der Waals surface area contributed by atoms with Gasteiger partial charge in [0.15, 0.2) is 11.3 Å². The normalized spacial score (nSPS) is 19.7. The van der Waals surface area contributed by atoms with E-state index in [0.29, 0.717) is 30.6 Å². The Hall–Kier alpha value is -3.11. The molecule has 202 valence electrons. The molecule has 1 N–H and O–H groups in total. The molecule has 2 saturated heterocycles. The number of hydrogen-bond acceptors (Lipinski definition) is 6. The number of halogens is 2. The highest BCUT2D eigenvalue weighted by Gasteiger charge is 2.33. The molecular weight excluding hydrogens is 492 g/mol. The van der Waals surface area contributed by atoms with Crippen LogP contribution in [0.3, 0.4) is 0 Å². The van der Waals surface area contributed by atoms with Gasteiger partial charge in [0.2, 0.25) is 0 Å². The Bertz CT molecular complexity index is 1280. The number of aromatic carboxylic acids is 1. The number of benzene rings is 1. The SMILES string of the molecule is O=C(O)c1cc(N2CCC(CN3CC(OCC(F)F)C3)CC2)c2c(C3CCC3)nn(-c3ccccc3)c2n1. The fourth-order valence-electron chi connectivity index (χ4n) is 5.91. The van der Waals surface area contributed by atoms with Crippen LogP contribution in [0.1, 0.15) is 54.2 Å². The Morgan fingerprint density at radius 2 is 1.84 bits per heavy atom. The first-order valence-corrected chi connectivity index (χ1v) is 13.6. The number of anilines is 1. The molecule has 1 aromatic carbocycles. The first-order valence-electron chi connectivity index (χ1n) is 13.6. The second kappa shape index (κ2) is 10.6. The van der Waals surface area contributed by atoms with Gasteiger partial charge < -0.3 is 14.7 Å². The first-order chi connectivity index (χ1) is 18.5.